The molecule has 1 amide bonds. The van der Waals surface area contributed by atoms with Gasteiger partial charge in [-0.1, -0.05) is 54.6 Å². The fourth-order valence-corrected chi connectivity index (χ4v) is 3.52. The van der Waals surface area contributed by atoms with Crippen molar-refractivity contribution in [2.75, 3.05) is 18.5 Å². The Bertz CT molecular complexity index is 922. The number of anilines is 1. The monoisotopic (exact) mass is 357 g/mol. The molecule has 4 rings (SSSR count). The first-order valence-electron chi connectivity index (χ1n) is 9.28. The van der Waals surface area contributed by atoms with E-state index in [2.05, 4.69) is 40.2 Å². The quantitative estimate of drug-likeness (QED) is 0.710. The van der Waals surface area contributed by atoms with Crippen LogP contribution < -0.4 is 4.90 Å². The van der Waals surface area contributed by atoms with Crippen molar-refractivity contribution in [3.8, 4) is 0 Å². The number of carbonyl (C=O) groups is 1. The van der Waals surface area contributed by atoms with Gasteiger partial charge in [0.15, 0.2) is 0 Å². The predicted molar refractivity (Wildman–Crippen MR) is 108 cm³/mol. The first-order chi connectivity index (χ1) is 13.2. The van der Waals surface area contributed by atoms with E-state index in [0.717, 1.165) is 25.2 Å². The van der Waals surface area contributed by atoms with Gasteiger partial charge in [-0.25, -0.2) is 4.98 Å². The molecule has 0 N–H and O–H groups in total. The Morgan fingerprint density at radius 2 is 1.74 bits per heavy atom. The molecule has 136 valence electrons. The average Bonchev–Trinajstić information content (AvgIpc) is 2.73. The Hall–Kier alpha value is -3.14. The molecule has 0 fully saturated rings. The lowest BCUT2D eigenvalue weighted by molar-refractivity contribution is 0.0729. The normalized spacial score (nSPS) is 13.1. The van der Waals surface area contributed by atoms with Crippen LogP contribution in [0.5, 0.6) is 0 Å². The van der Waals surface area contributed by atoms with Crippen LogP contribution in [0.4, 0.5) is 5.69 Å². The third kappa shape index (κ3) is 3.85. The van der Waals surface area contributed by atoms with E-state index in [4.69, 9.17) is 0 Å². The predicted octanol–water partition coefficient (Wildman–Crippen LogP) is 3.92. The van der Waals surface area contributed by atoms with Gasteiger partial charge in [-0.15, -0.1) is 0 Å². The Kier molecular flexibility index (Phi) is 4.88. The maximum absolute atomic E-state index is 12.8. The van der Waals surface area contributed by atoms with Crippen LogP contribution in [-0.2, 0) is 19.5 Å². The Morgan fingerprint density at radius 3 is 2.48 bits per heavy atom. The smallest absolute Gasteiger partial charge is 0.272 e. The van der Waals surface area contributed by atoms with E-state index in [0.29, 0.717) is 12.2 Å². The molecule has 0 bridgehead atoms. The highest BCUT2D eigenvalue weighted by Gasteiger charge is 2.22. The summed E-state index contributed by atoms with van der Waals surface area (Å²) in [5, 5.41) is 0. The van der Waals surface area contributed by atoms with Gasteiger partial charge in [0.2, 0.25) is 0 Å². The number of rotatable bonds is 4. The summed E-state index contributed by atoms with van der Waals surface area (Å²) in [4.78, 5) is 21.3. The number of pyridine rings is 1. The summed E-state index contributed by atoms with van der Waals surface area (Å²) < 4.78 is 0. The van der Waals surface area contributed by atoms with Crippen LogP contribution in [0.3, 0.4) is 0 Å². The number of aromatic nitrogens is 1. The molecule has 27 heavy (non-hydrogen) atoms. The van der Waals surface area contributed by atoms with Crippen molar-refractivity contribution in [2.45, 2.75) is 19.5 Å². The van der Waals surface area contributed by atoms with Crippen molar-refractivity contribution in [3.63, 3.8) is 0 Å². The zero-order valence-corrected chi connectivity index (χ0v) is 15.5. The molecular weight excluding hydrogens is 334 g/mol. The van der Waals surface area contributed by atoms with E-state index in [-0.39, 0.29) is 5.91 Å². The second kappa shape index (κ2) is 7.62. The number of hydrogen-bond donors (Lipinski definition) is 0. The van der Waals surface area contributed by atoms with Crippen LogP contribution in [0.2, 0.25) is 0 Å². The number of nitrogens with zero attached hydrogens (tertiary/aromatic N) is 3. The number of carbonyl (C=O) groups excluding carboxylic acids is 1. The van der Waals surface area contributed by atoms with Gasteiger partial charge < -0.3 is 9.80 Å². The fraction of sp³-hybridized carbons (Fsp3) is 0.217. The van der Waals surface area contributed by atoms with Gasteiger partial charge in [0, 0.05) is 26.7 Å². The van der Waals surface area contributed by atoms with E-state index in [1.165, 1.54) is 16.7 Å². The van der Waals surface area contributed by atoms with Gasteiger partial charge in [0.25, 0.3) is 5.91 Å². The van der Waals surface area contributed by atoms with Gasteiger partial charge in [0.1, 0.15) is 5.69 Å². The summed E-state index contributed by atoms with van der Waals surface area (Å²) in [6.07, 6.45) is 2.69. The van der Waals surface area contributed by atoms with E-state index < -0.39 is 0 Å². The van der Waals surface area contributed by atoms with Crippen molar-refractivity contribution in [1.29, 1.82) is 0 Å². The van der Waals surface area contributed by atoms with Gasteiger partial charge in [0.05, 0.1) is 11.9 Å². The van der Waals surface area contributed by atoms with Crippen LogP contribution in [0, 0.1) is 0 Å². The van der Waals surface area contributed by atoms with Crippen molar-refractivity contribution in [2.24, 2.45) is 0 Å². The number of amides is 1. The van der Waals surface area contributed by atoms with Gasteiger partial charge in [-0.2, -0.15) is 0 Å². The molecule has 0 spiro atoms. The molecule has 0 saturated carbocycles. The molecule has 1 aliphatic heterocycles. The Balaban J connectivity index is 1.43. The molecule has 4 heteroatoms. The Morgan fingerprint density at radius 1 is 1.00 bits per heavy atom. The summed E-state index contributed by atoms with van der Waals surface area (Å²) >= 11 is 0. The number of hydrogen-bond acceptors (Lipinski definition) is 3. The molecule has 0 saturated heterocycles. The SMILES string of the molecule is CN(Cc1ccccc1)c1ccc(C(=O)N2CCc3ccccc3C2)nc1. The lowest BCUT2D eigenvalue weighted by Crippen LogP contribution is -2.36. The first kappa shape index (κ1) is 17.3. The molecule has 0 atom stereocenters. The minimum absolute atomic E-state index is 0.00163. The summed E-state index contributed by atoms with van der Waals surface area (Å²) in [5.74, 6) is 0.00163. The third-order valence-corrected chi connectivity index (χ3v) is 5.09. The highest BCUT2D eigenvalue weighted by molar-refractivity contribution is 5.92. The van der Waals surface area contributed by atoms with E-state index in [9.17, 15) is 4.79 Å². The highest BCUT2D eigenvalue weighted by atomic mass is 16.2. The summed E-state index contributed by atoms with van der Waals surface area (Å²) in [6, 6.07) is 22.5. The van der Waals surface area contributed by atoms with Crippen molar-refractivity contribution < 1.29 is 4.79 Å². The maximum Gasteiger partial charge on any atom is 0.272 e. The summed E-state index contributed by atoms with van der Waals surface area (Å²) in [7, 11) is 2.03. The molecule has 2 aromatic carbocycles. The molecule has 2 heterocycles. The summed E-state index contributed by atoms with van der Waals surface area (Å²) in [6.45, 7) is 2.21. The second-order valence-corrected chi connectivity index (χ2v) is 6.99. The maximum atomic E-state index is 12.8. The molecule has 1 aromatic heterocycles. The Labute approximate surface area is 160 Å². The summed E-state index contributed by atoms with van der Waals surface area (Å²) in [5.41, 5.74) is 5.32. The second-order valence-electron chi connectivity index (χ2n) is 6.99. The van der Waals surface area contributed by atoms with Crippen LogP contribution >= 0.6 is 0 Å². The molecule has 0 aliphatic carbocycles. The third-order valence-electron chi connectivity index (χ3n) is 5.09. The zero-order chi connectivity index (χ0) is 18.6. The van der Waals surface area contributed by atoms with E-state index >= 15 is 0 Å². The van der Waals surface area contributed by atoms with Crippen molar-refractivity contribution in [1.82, 2.24) is 9.88 Å². The van der Waals surface area contributed by atoms with Crippen molar-refractivity contribution in [3.05, 3.63) is 95.3 Å². The standard InChI is InChI=1S/C23H23N3O/c1-25(16-18-7-3-2-4-8-18)21-11-12-22(24-15-21)23(27)26-14-13-19-9-5-6-10-20(19)17-26/h2-12,15H,13-14,16-17H2,1H3. The van der Waals surface area contributed by atoms with Crippen LogP contribution in [-0.4, -0.2) is 29.4 Å². The lowest BCUT2D eigenvalue weighted by atomic mass is 10.00. The van der Waals surface area contributed by atoms with Crippen LogP contribution in [0.1, 0.15) is 27.2 Å². The molecule has 3 aromatic rings. The van der Waals surface area contributed by atoms with E-state index in [1.807, 2.05) is 48.3 Å². The molecule has 0 radical (unpaired) electrons. The van der Waals surface area contributed by atoms with Gasteiger partial charge >= 0.3 is 0 Å². The highest BCUT2D eigenvalue weighted by Crippen LogP contribution is 2.21. The average molecular weight is 357 g/mol. The largest absolute Gasteiger partial charge is 0.369 e. The minimum Gasteiger partial charge on any atom is -0.369 e. The number of fused-ring (bicyclic) bond motifs is 1. The van der Waals surface area contributed by atoms with E-state index in [1.54, 1.807) is 6.20 Å². The fourth-order valence-electron chi connectivity index (χ4n) is 3.52. The van der Waals surface area contributed by atoms with Crippen molar-refractivity contribution >= 4 is 11.6 Å². The van der Waals surface area contributed by atoms with Crippen LogP contribution in [0.15, 0.2) is 72.9 Å². The molecule has 1 aliphatic rings. The molecule has 0 unspecified atom stereocenters. The topological polar surface area (TPSA) is 36.4 Å². The zero-order valence-electron chi connectivity index (χ0n) is 15.5. The number of benzene rings is 2. The van der Waals surface area contributed by atoms with Gasteiger partial charge in [-0.3, -0.25) is 4.79 Å². The first-order valence-corrected chi connectivity index (χ1v) is 9.28. The molecule has 4 nitrogen and oxygen atoms in total. The lowest BCUT2D eigenvalue weighted by Gasteiger charge is -2.28. The minimum atomic E-state index is 0.00163. The van der Waals surface area contributed by atoms with Gasteiger partial charge in [-0.05, 0) is 35.2 Å². The molecular formula is C23H23N3O. The van der Waals surface area contributed by atoms with Crippen LogP contribution in [0.25, 0.3) is 0 Å².